The van der Waals surface area contributed by atoms with E-state index in [1.165, 1.54) is 17.7 Å². The summed E-state index contributed by atoms with van der Waals surface area (Å²) in [4.78, 5) is 4.47. The van der Waals surface area contributed by atoms with Gasteiger partial charge in [-0.25, -0.2) is 4.98 Å². The first-order valence-electron chi connectivity index (χ1n) is 10.4. The molecule has 0 aliphatic rings. The van der Waals surface area contributed by atoms with Crippen molar-refractivity contribution >= 4 is 23.1 Å². The molecule has 0 spiro atoms. The summed E-state index contributed by atoms with van der Waals surface area (Å²) in [6.45, 7) is 0.547. The predicted molar refractivity (Wildman–Crippen MR) is 123 cm³/mol. The Kier molecular flexibility index (Phi) is 5.34. The molecule has 2 aromatic heterocycles. The maximum Gasteiger partial charge on any atom is 0.416 e. The number of fused-ring (bicyclic) bond motifs is 1. The zero-order valence-corrected chi connectivity index (χ0v) is 17.5. The van der Waals surface area contributed by atoms with Gasteiger partial charge in [0.25, 0.3) is 0 Å². The van der Waals surface area contributed by atoms with Crippen LogP contribution < -0.4 is 0 Å². The number of alkyl halides is 3. The van der Waals surface area contributed by atoms with Crippen LogP contribution in [0, 0.1) is 0 Å². The van der Waals surface area contributed by atoms with Gasteiger partial charge in [0.05, 0.1) is 17.8 Å². The third-order valence-corrected chi connectivity index (χ3v) is 5.44. The van der Waals surface area contributed by atoms with Crippen molar-refractivity contribution < 1.29 is 17.6 Å². The summed E-state index contributed by atoms with van der Waals surface area (Å²) in [5, 5.41) is 1.14. The predicted octanol–water partition coefficient (Wildman–Crippen LogP) is 7.53. The third-order valence-electron chi connectivity index (χ3n) is 5.44. The number of hydrogen-bond donors (Lipinski definition) is 0. The molecule has 0 bridgehead atoms. The molecule has 5 rings (SSSR count). The summed E-state index contributed by atoms with van der Waals surface area (Å²) in [5.74, 6) is 0.396. The van der Waals surface area contributed by atoms with Crippen LogP contribution in [0.5, 0.6) is 0 Å². The van der Waals surface area contributed by atoms with E-state index in [2.05, 4.69) is 45.9 Å². The van der Waals surface area contributed by atoms with Crippen LogP contribution in [0.25, 0.3) is 34.2 Å². The topological polar surface area (TPSA) is 31.0 Å². The second-order valence-electron chi connectivity index (χ2n) is 7.71. The van der Waals surface area contributed by atoms with Crippen LogP contribution in [0.2, 0.25) is 0 Å². The van der Waals surface area contributed by atoms with Gasteiger partial charge in [-0.2, -0.15) is 13.2 Å². The minimum absolute atomic E-state index is 0.396. The van der Waals surface area contributed by atoms with Crippen molar-refractivity contribution in [3.8, 4) is 11.1 Å². The molecule has 0 aliphatic carbocycles. The summed E-state index contributed by atoms with van der Waals surface area (Å²) in [5.41, 5.74) is 4.15. The maximum atomic E-state index is 12.7. The molecule has 33 heavy (non-hydrogen) atoms. The minimum atomic E-state index is -4.34. The van der Waals surface area contributed by atoms with E-state index in [0.717, 1.165) is 34.3 Å². The van der Waals surface area contributed by atoms with Gasteiger partial charge < -0.3 is 8.98 Å². The number of oxazole rings is 1. The van der Waals surface area contributed by atoms with Gasteiger partial charge in [0, 0.05) is 23.2 Å². The Hall–Kier alpha value is -4.06. The third kappa shape index (κ3) is 4.60. The van der Waals surface area contributed by atoms with Crippen molar-refractivity contribution in [2.75, 3.05) is 0 Å². The Labute approximate surface area is 188 Å². The zero-order valence-electron chi connectivity index (χ0n) is 17.5. The van der Waals surface area contributed by atoms with E-state index in [9.17, 15) is 13.2 Å². The highest BCUT2D eigenvalue weighted by molar-refractivity contribution is 5.85. The van der Waals surface area contributed by atoms with E-state index in [0.29, 0.717) is 18.0 Å². The molecule has 0 aliphatic heterocycles. The molecule has 0 amide bonds. The molecule has 0 saturated heterocycles. The number of nitrogens with zero attached hydrogens (tertiary/aromatic N) is 2. The molecule has 6 heteroatoms. The van der Waals surface area contributed by atoms with E-state index in [1.54, 1.807) is 18.4 Å². The Morgan fingerprint density at radius 2 is 1.64 bits per heavy atom. The number of benzene rings is 3. The van der Waals surface area contributed by atoms with E-state index in [-0.39, 0.29) is 0 Å². The molecule has 0 saturated carbocycles. The normalized spacial score (nSPS) is 12.1. The highest BCUT2D eigenvalue weighted by Crippen LogP contribution is 2.29. The molecule has 0 radical (unpaired) electrons. The standard InChI is InChI=1S/C27H19F3N2O/c28-27(29,30)23-10-6-19(7-11-23)8-13-26-31-24(18-33-26)17-32-15-14-22-16-21(9-12-25(22)32)20-4-2-1-3-5-20/h1-16,18H,17H2/b13-8+. The number of aromatic nitrogens is 2. The van der Waals surface area contributed by atoms with Gasteiger partial charge in [-0.15, -0.1) is 0 Å². The highest BCUT2D eigenvalue weighted by atomic mass is 19.4. The maximum absolute atomic E-state index is 12.7. The molecule has 3 aromatic carbocycles. The van der Waals surface area contributed by atoms with Gasteiger partial charge in [-0.1, -0.05) is 48.5 Å². The summed E-state index contributed by atoms with van der Waals surface area (Å²) < 4.78 is 45.6. The molecular formula is C27H19F3N2O. The first-order chi connectivity index (χ1) is 16.0. The summed E-state index contributed by atoms with van der Waals surface area (Å²) in [6.07, 6.45) is 2.59. The molecule has 0 fully saturated rings. The molecule has 164 valence electrons. The molecule has 3 nitrogen and oxygen atoms in total. The van der Waals surface area contributed by atoms with Crippen LogP contribution in [0.1, 0.15) is 22.7 Å². The van der Waals surface area contributed by atoms with E-state index in [1.807, 2.05) is 24.4 Å². The average molecular weight is 444 g/mol. The lowest BCUT2D eigenvalue weighted by Crippen LogP contribution is -2.03. The fourth-order valence-electron chi connectivity index (χ4n) is 3.75. The summed E-state index contributed by atoms with van der Waals surface area (Å²) in [6, 6.07) is 23.6. The lowest BCUT2D eigenvalue weighted by atomic mass is 10.0. The Bertz CT molecular complexity index is 1410. The Morgan fingerprint density at radius 3 is 2.39 bits per heavy atom. The van der Waals surface area contributed by atoms with Crippen molar-refractivity contribution in [2.24, 2.45) is 0 Å². The van der Waals surface area contributed by atoms with E-state index in [4.69, 9.17) is 4.42 Å². The Morgan fingerprint density at radius 1 is 0.848 bits per heavy atom. The van der Waals surface area contributed by atoms with Gasteiger partial charge in [0.2, 0.25) is 5.89 Å². The van der Waals surface area contributed by atoms with Crippen molar-refractivity contribution in [1.29, 1.82) is 0 Å². The number of hydrogen-bond acceptors (Lipinski definition) is 2. The number of rotatable bonds is 5. The highest BCUT2D eigenvalue weighted by Gasteiger charge is 2.29. The van der Waals surface area contributed by atoms with Gasteiger partial charge in [0.15, 0.2) is 0 Å². The molecule has 5 aromatic rings. The van der Waals surface area contributed by atoms with Crippen molar-refractivity contribution in [1.82, 2.24) is 9.55 Å². The van der Waals surface area contributed by atoms with Crippen LogP contribution >= 0.6 is 0 Å². The van der Waals surface area contributed by atoms with E-state index >= 15 is 0 Å². The SMILES string of the molecule is FC(F)(F)c1ccc(/C=C/c2nc(Cn3ccc4cc(-c5ccccc5)ccc43)co2)cc1. The van der Waals surface area contributed by atoms with E-state index < -0.39 is 11.7 Å². The van der Waals surface area contributed by atoms with Crippen LogP contribution in [-0.4, -0.2) is 9.55 Å². The first kappa shape index (κ1) is 20.8. The van der Waals surface area contributed by atoms with Crippen LogP contribution in [0.15, 0.2) is 95.7 Å². The molecule has 2 heterocycles. The quantitative estimate of drug-likeness (QED) is 0.280. The van der Waals surface area contributed by atoms with Gasteiger partial charge >= 0.3 is 6.18 Å². The monoisotopic (exact) mass is 444 g/mol. The van der Waals surface area contributed by atoms with Gasteiger partial charge in [-0.05, 0) is 53.1 Å². The molecule has 0 N–H and O–H groups in total. The second kappa shape index (κ2) is 8.47. The lowest BCUT2D eigenvalue weighted by molar-refractivity contribution is -0.137. The average Bonchev–Trinajstić information content (AvgIpc) is 3.45. The van der Waals surface area contributed by atoms with Crippen LogP contribution in [0.3, 0.4) is 0 Å². The zero-order chi connectivity index (χ0) is 22.8. The van der Waals surface area contributed by atoms with Gasteiger partial charge in [-0.3, -0.25) is 0 Å². The minimum Gasteiger partial charge on any atom is -0.445 e. The second-order valence-corrected chi connectivity index (χ2v) is 7.71. The number of halogens is 3. The summed E-state index contributed by atoms with van der Waals surface area (Å²) >= 11 is 0. The first-order valence-corrected chi connectivity index (χ1v) is 10.4. The van der Waals surface area contributed by atoms with Crippen molar-refractivity contribution in [3.05, 3.63) is 114 Å². The summed E-state index contributed by atoms with van der Waals surface area (Å²) in [7, 11) is 0. The largest absolute Gasteiger partial charge is 0.445 e. The molecule has 0 atom stereocenters. The molecule has 0 unspecified atom stereocenters. The lowest BCUT2D eigenvalue weighted by Gasteiger charge is -2.05. The Balaban J connectivity index is 1.30. The van der Waals surface area contributed by atoms with Crippen molar-refractivity contribution in [3.63, 3.8) is 0 Å². The van der Waals surface area contributed by atoms with Crippen molar-refractivity contribution in [2.45, 2.75) is 12.7 Å². The fraction of sp³-hybridized carbons (Fsp3) is 0.0741. The smallest absolute Gasteiger partial charge is 0.416 e. The van der Waals surface area contributed by atoms with Crippen LogP contribution in [0.4, 0.5) is 13.2 Å². The van der Waals surface area contributed by atoms with Gasteiger partial charge in [0.1, 0.15) is 6.26 Å². The fourth-order valence-corrected chi connectivity index (χ4v) is 3.75. The van der Waals surface area contributed by atoms with Crippen LogP contribution in [-0.2, 0) is 12.7 Å². The molecular weight excluding hydrogens is 425 g/mol.